The van der Waals surface area contributed by atoms with Crippen LogP contribution in [0.25, 0.3) is 98.2 Å². The summed E-state index contributed by atoms with van der Waals surface area (Å²) in [7, 11) is 0. The zero-order valence-corrected chi connectivity index (χ0v) is 27.5. The Morgan fingerprint density at radius 2 is 1.12 bits per heavy atom. The van der Waals surface area contributed by atoms with Gasteiger partial charge in [0.1, 0.15) is 5.58 Å². The van der Waals surface area contributed by atoms with Crippen LogP contribution in [-0.2, 0) is 0 Å². The predicted molar refractivity (Wildman–Crippen MR) is 204 cm³/mol. The zero-order chi connectivity index (χ0) is 32.5. The standard InChI is InChI=1S/C43H24ClN3OS/c44-36-23-30(22-35-34-21-28-11-4-5-12-29(28)24-37(34)48-39(35)36)42-45-41(27-19-17-26(18-20-27)25-9-2-1-3-10-25)46-43(47-42)33-15-8-14-32-31-13-6-7-16-38(31)49-40(32)33/h1-24H. The van der Waals surface area contributed by atoms with E-state index in [9.17, 15) is 0 Å². The van der Waals surface area contributed by atoms with Crippen LogP contribution >= 0.6 is 22.9 Å². The van der Waals surface area contributed by atoms with Crippen molar-refractivity contribution in [2.45, 2.75) is 0 Å². The molecule has 0 aliphatic rings. The van der Waals surface area contributed by atoms with Crippen LogP contribution in [0.4, 0.5) is 0 Å². The quantitative estimate of drug-likeness (QED) is 0.188. The number of halogens is 1. The van der Waals surface area contributed by atoms with Crippen molar-refractivity contribution in [2.24, 2.45) is 0 Å². The van der Waals surface area contributed by atoms with Crippen LogP contribution in [0, 0.1) is 0 Å². The summed E-state index contributed by atoms with van der Waals surface area (Å²) in [5.41, 5.74) is 6.40. The topological polar surface area (TPSA) is 51.8 Å². The molecule has 230 valence electrons. The lowest BCUT2D eigenvalue weighted by atomic mass is 10.0. The van der Waals surface area contributed by atoms with Crippen molar-refractivity contribution in [3.05, 3.63) is 151 Å². The SMILES string of the molecule is Clc1cc(-c2nc(-c3ccc(-c4ccccc4)cc3)nc(-c3cccc4c3sc3ccccc34)n2)cc2c1oc1cc3ccccc3cc12. The molecule has 0 aliphatic carbocycles. The van der Waals surface area contributed by atoms with Crippen molar-refractivity contribution < 1.29 is 4.42 Å². The number of hydrogen-bond donors (Lipinski definition) is 0. The van der Waals surface area contributed by atoms with Crippen LogP contribution < -0.4 is 0 Å². The first-order valence-corrected chi connectivity index (χ1v) is 17.2. The van der Waals surface area contributed by atoms with Crippen molar-refractivity contribution in [2.75, 3.05) is 0 Å². The summed E-state index contributed by atoms with van der Waals surface area (Å²) in [5, 5.41) is 7.10. The maximum atomic E-state index is 6.96. The Morgan fingerprint density at radius 3 is 1.96 bits per heavy atom. The van der Waals surface area contributed by atoms with E-state index >= 15 is 0 Å². The molecule has 10 aromatic rings. The van der Waals surface area contributed by atoms with E-state index in [0.29, 0.717) is 28.1 Å². The van der Waals surface area contributed by atoms with Gasteiger partial charge in [-0.05, 0) is 58.3 Å². The number of rotatable bonds is 4. The second-order valence-corrected chi connectivity index (χ2v) is 13.6. The Labute approximate surface area is 289 Å². The van der Waals surface area contributed by atoms with E-state index in [1.807, 2.05) is 24.3 Å². The number of nitrogens with zero attached hydrogens (tertiary/aromatic N) is 3. The summed E-state index contributed by atoms with van der Waals surface area (Å²) in [4.78, 5) is 15.3. The molecule has 7 aromatic carbocycles. The van der Waals surface area contributed by atoms with Gasteiger partial charge in [0, 0.05) is 47.6 Å². The smallest absolute Gasteiger partial charge is 0.165 e. The van der Waals surface area contributed by atoms with Gasteiger partial charge in [0.25, 0.3) is 0 Å². The van der Waals surface area contributed by atoms with Gasteiger partial charge in [-0.25, -0.2) is 15.0 Å². The number of thiophene rings is 1. The molecule has 0 amide bonds. The highest BCUT2D eigenvalue weighted by molar-refractivity contribution is 7.26. The third kappa shape index (κ3) is 4.70. The number of fused-ring (bicyclic) bond motifs is 7. The first-order chi connectivity index (χ1) is 24.2. The van der Waals surface area contributed by atoms with E-state index in [4.69, 9.17) is 31.0 Å². The lowest BCUT2D eigenvalue weighted by Crippen LogP contribution is -2.00. The third-order valence-corrected chi connectivity index (χ3v) is 10.7. The summed E-state index contributed by atoms with van der Waals surface area (Å²) in [6, 6.07) is 50.1. The molecule has 0 unspecified atom stereocenters. The Balaban J connectivity index is 1.19. The number of aromatic nitrogens is 3. The molecule has 10 rings (SSSR count). The molecule has 6 heteroatoms. The van der Waals surface area contributed by atoms with E-state index in [1.165, 1.54) is 15.5 Å². The van der Waals surface area contributed by atoms with Crippen LogP contribution in [0.1, 0.15) is 0 Å². The molecule has 0 aliphatic heterocycles. The third-order valence-electron chi connectivity index (χ3n) is 9.18. The fourth-order valence-electron chi connectivity index (χ4n) is 6.77. The Morgan fingerprint density at radius 1 is 0.469 bits per heavy atom. The second-order valence-electron chi connectivity index (χ2n) is 12.2. The summed E-state index contributed by atoms with van der Waals surface area (Å²) < 4.78 is 8.68. The molecule has 0 N–H and O–H groups in total. The molecule has 3 heterocycles. The summed E-state index contributed by atoms with van der Waals surface area (Å²) in [6.07, 6.45) is 0. The Kier molecular flexibility index (Phi) is 6.38. The number of hydrogen-bond acceptors (Lipinski definition) is 5. The average Bonchev–Trinajstić information content (AvgIpc) is 3.72. The molecule has 3 aromatic heterocycles. The Hall–Kier alpha value is -5.88. The highest BCUT2D eigenvalue weighted by Crippen LogP contribution is 2.41. The van der Waals surface area contributed by atoms with Gasteiger partial charge in [-0.2, -0.15) is 0 Å². The maximum absolute atomic E-state index is 6.96. The van der Waals surface area contributed by atoms with Gasteiger partial charge in [-0.1, -0.05) is 121 Å². The molecule has 49 heavy (non-hydrogen) atoms. The highest BCUT2D eigenvalue weighted by atomic mass is 35.5. The first kappa shape index (κ1) is 28.2. The monoisotopic (exact) mass is 665 g/mol. The van der Waals surface area contributed by atoms with Gasteiger partial charge in [0.05, 0.1) is 5.02 Å². The fraction of sp³-hybridized carbons (Fsp3) is 0. The zero-order valence-electron chi connectivity index (χ0n) is 25.9. The van der Waals surface area contributed by atoms with Crippen LogP contribution in [0.2, 0.25) is 5.02 Å². The second kappa shape index (κ2) is 11.1. The minimum Gasteiger partial charge on any atom is -0.454 e. The van der Waals surface area contributed by atoms with Crippen LogP contribution in [0.3, 0.4) is 0 Å². The van der Waals surface area contributed by atoms with E-state index in [-0.39, 0.29) is 0 Å². The van der Waals surface area contributed by atoms with E-state index in [1.54, 1.807) is 11.3 Å². The number of benzene rings is 7. The molecule has 0 saturated heterocycles. The van der Waals surface area contributed by atoms with Crippen molar-refractivity contribution in [1.29, 1.82) is 0 Å². The van der Waals surface area contributed by atoms with Gasteiger partial charge < -0.3 is 4.42 Å². The highest BCUT2D eigenvalue weighted by Gasteiger charge is 2.19. The molecule has 0 bridgehead atoms. The lowest BCUT2D eigenvalue weighted by Gasteiger charge is -2.10. The van der Waals surface area contributed by atoms with Crippen molar-refractivity contribution >= 4 is 75.8 Å². The molecule has 4 nitrogen and oxygen atoms in total. The molecular formula is C43H24ClN3OS. The fourth-order valence-corrected chi connectivity index (χ4v) is 8.24. The largest absolute Gasteiger partial charge is 0.454 e. The molecule has 0 spiro atoms. The van der Waals surface area contributed by atoms with E-state index < -0.39 is 0 Å². The van der Waals surface area contributed by atoms with Gasteiger partial charge >= 0.3 is 0 Å². The number of furan rings is 1. The van der Waals surface area contributed by atoms with E-state index in [2.05, 4.69) is 121 Å². The van der Waals surface area contributed by atoms with Crippen molar-refractivity contribution in [3.63, 3.8) is 0 Å². The summed E-state index contributed by atoms with van der Waals surface area (Å²) >= 11 is 8.72. The summed E-state index contributed by atoms with van der Waals surface area (Å²) in [6.45, 7) is 0. The van der Waals surface area contributed by atoms with Gasteiger partial charge in [0.2, 0.25) is 0 Å². The maximum Gasteiger partial charge on any atom is 0.165 e. The van der Waals surface area contributed by atoms with Crippen LogP contribution in [0.5, 0.6) is 0 Å². The van der Waals surface area contributed by atoms with Crippen LogP contribution in [0.15, 0.2) is 150 Å². The lowest BCUT2D eigenvalue weighted by molar-refractivity contribution is 0.669. The minimum atomic E-state index is 0.509. The minimum absolute atomic E-state index is 0.509. The Bertz CT molecular complexity index is 2890. The van der Waals surface area contributed by atoms with Crippen molar-refractivity contribution in [3.8, 4) is 45.3 Å². The van der Waals surface area contributed by atoms with Gasteiger partial charge in [-0.15, -0.1) is 11.3 Å². The molecule has 0 saturated carbocycles. The molecule has 0 atom stereocenters. The average molecular weight is 666 g/mol. The normalized spacial score (nSPS) is 11.8. The van der Waals surface area contributed by atoms with Gasteiger partial charge in [-0.3, -0.25) is 0 Å². The summed E-state index contributed by atoms with van der Waals surface area (Å²) in [5.74, 6) is 1.75. The van der Waals surface area contributed by atoms with E-state index in [0.717, 1.165) is 59.6 Å². The van der Waals surface area contributed by atoms with Crippen molar-refractivity contribution in [1.82, 2.24) is 15.0 Å². The van der Waals surface area contributed by atoms with Gasteiger partial charge in [0.15, 0.2) is 23.1 Å². The predicted octanol–water partition coefficient (Wildman–Crippen LogP) is 12.6. The molecule has 0 radical (unpaired) electrons. The molecule has 0 fully saturated rings. The van der Waals surface area contributed by atoms with Crippen LogP contribution in [-0.4, -0.2) is 15.0 Å². The molecular weight excluding hydrogens is 642 g/mol. The first-order valence-electron chi connectivity index (χ1n) is 16.0.